The topological polar surface area (TPSA) is 99.1 Å². The molecule has 0 aromatic carbocycles. The van der Waals surface area contributed by atoms with Crippen LogP contribution in [0.15, 0.2) is 24.3 Å². The number of carbonyl (C=O) groups is 3. The molecule has 0 saturated heterocycles. The van der Waals surface area contributed by atoms with Gasteiger partial charge >= 0.3 is 17.9 Å². The van der Waals surface area contributed by atoms with Gasteiger partial charge in [-0.1, -0.05) is 147 Å². The summed E-state index contributed by atoms with van der Waals surface area (Å²) in [7, 11) is 5.50. The molecule has 0 aromatic heterocycles. The molecule has 0 radical (unpaired) electrons. The molecular formula is C41H76NO7+. The lowest BCUT2D eigenvalue weighted by Crippen LogP contribution is -2.50. The van der Waals surface area contributed by atoms with E-state index >= 15 is 0 Å². The number of esters is 2. The number of carboxylic acid groups (broad SMARTS) is 1. The number of hydrogen-bond acceptors (Lipinski definition) is 6. The number of rotatable bonds is 35. The number of carbonyl (C=O) groups excluding carboxylic acids is 2. The molecule has 0 heterocycles. The SMILES string of the molecule is CC/C=C/C/C=C/CCC(=O)OCC(COCCC(C(=O)O)[N+](C)(C)C)OC(=O)CCCCCCCCCCCCCCCCCCCC. The Bertz CT molecular complexity index is 864. The van der Waals surface area contributed by atoms with Gasteiger partial charge in [0.2, 0.25) is 0 Å². The van der Waals surface area contributed by atoms with Crippen LogP contribution in [0.25, 0.3) is 0 Å². The van der Waals surface area contributed by atoms with Gasteiger partial charge in [-0.25, -0.2) is 4.79 Å². The average molecular weight is 695 g/mol. The summed E-state index contributed by atoms with van der Waals surface area (Å²) in [6, 6.07) is -0.617. The van der Waals surface area contributed by atoms with Crippen molar-refractivity contribution in [1.29, 1.82) is 0 Å². The minimum Gasteiger partial charge on any atom is -0.477 e. The van der Waals surface area contributed by atoms with Gasteiger partial charge in [0.05, 0.1) is 34.4 Å². The number of nitrogens with zero attached hydrogens (tertiary/aromatic N) is 1. The molecule has 0 aliphatic heterocycles. The molecule has 0 bridgehead atoms. The highest BCUT2D eigenvalue weighted by molar-refractivity contribution is 5.72. The van der Waals surface area contributed by atoms with Crippen LogP contribution in [0, 0.1) is 0 Å². The number of allylic oxidation sites excluding steroid dienone is 4. The number of ether oxygens (including phenoxy) is 3. The minimum atomic E-state index is -0.882. The second-order valence-electron chi connectivity index (χ2n) is 14.5. The second kappa shape index (κ2) is 33.0. The Labute approximate surface area is 301 Å². The van der Waals surface area contributed by atoms with E-state index in [2.05, 4.69) is 26.0 Å². The number of unbranched alkanes of at least 4 members (excludes halogenated alkanes) is 17. The van der Waals surface area contributed by atoms with Crippen LogP contribution >= 0.6 is 0 Å². The maximum Gasteiger partial charge on any atom is 0.362 e. The third-order valence-electron chi connectivity index (χ3n) is 8.88. The molecule has 0 rings (SSSR count). The summed E-state index contributed by atoms with van der Waals surface area (Å²) >= 11 is 0. The molecule has 0 amide bonds. The maximum absolute atomic E-state index is 12.6. The Kier molecular flexibility index (Phi) is 31.5. The molecule has 8 nitrogen and oxygen atoms in total. The summed E-state index contributed by atoms with van der Waals surface area (Å²) in [6.07, 6.45) is 34.0. The van der Waals surface area contributed by atoms with Crippen molar-refractivity contribution < 1.29 is 38.2 Å². The van der Waals surface area contributed by atoms with E-state index in [1.165, 1.54) is 96.3 Å². The van der Waals surface area contributed by atoms with Gasteiger partial charge < -0.3 is 23.8 Å². The Morgan fingerprint density at radius 1 is 0.633 bits per heavy atom. The predicted octanol–water partition coefficient (Wildman–Crippen LogP) is 10.1. The summed E-state index contributed by atoms with van der Waals surface area (Å²) in [5, 5.41) is 9.57. The van der Waals surface area contributed by atoms with Crippen molar-refractivity contribution >= 4 is 17.9 Å². The van der Waals surface area contributed by atoms with Crippen LogP contribution in [0.1, 0.15) is 168 Å². The summed E-state index contributed by atoms with van der Waals surface area (Å²) in [5.41, 5.74) is 0. The van der Waals surface area contributed by atoms with Crippen LogP contribution < -0.4 is 0 Å². The van der Waals surface area contributed by atoms with Crippen molar-refractivity contribution in [2.24, 2.45) is 0 Å². The highest BCUT2D eigenvalue weighted by Gasteiger charge is 2.31. The largest absolute Gasteiger partial charge is 0.477 e. The van der Waals surface area contributed by atoms with Gasteiger partial charge in [0, 0.05) is 19.3 Å². The summed E-state index contributed by atoms with van der Waals surface area (Å²) in [5.74, 6) is -1.55. The molecule has 0 fully saturated rings. The molecule has 0 saturated carbocycles. The molecule has 8 heteroatoms. The maximum atomic E-state index is 12.6. The van der Waals surface area contributed by atoms with E-state index in [1.807, 2.05) is 33.3 Å². The molecule has 0 aliphatic rings. The third kappa shape index (κ3) is 31.5. The van der Waals surface area contributed by atoms with Gasteiger partial charge in [-0.3, -0.25) is 9.59 Å². The number of quaternary nitrogens is 1. The van der Waals surface area contributed by atoms with Crippen molar-refractivity contribution in [3.8, 4) is 0 Å². The Morgan fingerprint density at radius 3 is 1.63 bits per heavy atom. The zero-order chi connectivity index (χ0) is 36.4. The highest BCUT2D eigenvalue weighted by Crippen LogP contribution is 2.15. The second-order valence-corrected chi connectivity index (χ2v) is 14.5. The number of carboxylic acids is 1. The number of likely N-dealkylation sites (N-methyl/N-ethyl adjacent to an activating group) is 1. The third-order valence-corrected chi connectivity index (χ3v) is 8.88. The van der Waals surface area contributed by atoms with Crippen LogP contribution in [0.4, 0.5) is 0 Å². The first-order valence-electron chi connectivity index (χ1n) is 19.9. The van der Waals surface area contributed by atoms with Crippen molar-refractivity contribution in [1.82, 2.24) is 0 Å². The summed E-state index contributed by atoms with van der Waals surface area (Å²) in [4.78, 5) is 36.6. The molecule has 2 atom stereocenters. The van der Waals surface area contributed by atoms with Crippen LogP contribution in [0.5, 0.6) is 0 Å². The van der Waals surface area contributed by atoms with Gasteiger partial charge in [0.1, 0.15) is 6.61 Å². The van der Waals surface area contributed by atoms with Crippen LogP contribution in [0.2, 0.25) is 0 Å². The molecule has 1 N–H and O–H groups in total. The zero-order valence-electron chi connectivity index (χ0n) is 32.4. The normalized spacial score (nSPS) is 13.2. The Balaban J connectivity index is 4.28. The summed E-state index contributed by atoms with van der Waals surface area (Å²) < 4.78 is 17.1. The van der Waals surface area contributed by atoms with Crippen molar-refractivity contribution in [2.45, 2.75) is 180 Å². The molecule has 286 valence electrons. The first kappa shape index (κ1) is 46.8. The van der Waals surface area contributed by atoms with E-state index in [0.717, 1.165) is 32.1 Å². The monoisotopic (exact) mass is 695 g/mol. The van der Waals surface area contributed by atoms with Crippen LogP contribution in [0.3, 0.4) is 0 Å². The molecule has 0 aromatic rings. The fourth-order valence-corrected chi connectivity index (χ4v) is 5.80. The van der Waals surface area contributed by atoms with E-state index in [4.69, 9.17) is 14.2 Å². The van der Waals surface area contributed by atoms with E-state index in [-0.39, 0.29) is 42.7 Å². The zero-order valence-corrected chi connectivity index (χ0v) is 32.4. The smallest absolute Gasteiger partial charge is 0.362 e. The molecule has 2 unspecified atom stereocenters. The lowest BCUT2D eigenvalue weighted by Gasteiger charge is -2.31. The summed E-state index contributed by atoms with van der Waals surface area (Å²) in [6.45, 7) is 4.53. The minimum absolute atomic E-state index is 0.0469. The van der Waals surface area contributed by atoms with Gasteiger partial charge in [0.25, 0.3) is 0 Å². The average Bonchev–Trinajstić information content (AvgIpc) is 3.05. The molecular weight excluding hydrogens is 618 g/mol. The lowest BCUT2D eigenvalue weighted by atomic mass is 10.0. The van der Waals surface area contributed by atoms with E-state index in [9.17, 15) is 19.5 Å². The standard InChI is InChI=1S/C41H75NO7/c1-6-8-10-12-14-15-16-17-18-19-20-21-22-23-24-26-28-30-32-40(44)49-37(35-47-34-33-38(41(45)46)42(3,4)5)36-48-39(43)31-29-27-25-13-11-9-7-2/h9,11,25,27,37-38H,6-8,10,12-24,26,28-36H2,1-5H3/p+1/b11-9+,27-25+. The van der Waals surface area contributed by atoms with Crippen molar-refractivity contribution in [2.75, 3.05) is 41.0 Å². The number of hydrogen-bond donors (Lipinski definition) is 1. The Hall–Kier alpha value is -2.19. The quantitative estimate of drug-likeness (QED) is 0.0305. The predicted molar refractivity (Wildman–Crippen MR) is 202 cm³/mol. The van der Waals surface area contributed by atoms with E-state index in [0.29, 0.717) is 19.3 Å². The van der Waals surface area contributed by atoms with E-state index in [1.54, 1.807) is 0 Å². The highest BCUT2D eigenvalue weighted by atomic mass is 16.6. The first-order valence-corrected chi connectivity index (χ1v) is 19.9. The Morgan fingerprint density at radius 2 is 1.14 bits per heavy atom. The van der Waals surface area contributed by atoms with Crippen molar-refractivity contribution in [3.05, 3.63) is 24.3 Å². The first-order chi connectivity index (χ1) is 23.6. The van der Waals surface area contributed by atoms with Crippen LogP contribution in [-0.4, -0.2) is 80.6 Å². The van der Waals surface area contributed by atoms with Gasteiger partial charge in [0.15, 0.2) is 12.1 Å². The fourth-order valence-electron chi connectivity index (χ4n) is 5.80. The lowest BCUT2D eigenvalue weighted by molar-refractivity contribution is -0.887. The number of aliphatic carboxylic acids is 1. The van der Waals surface area contributed by atoms with E-state index < -0.39 is 18.1 Å². The van der Waals surface area contributed by atoms with Gasteiger partial charge in [-0.15, -0.1) is 0 Å². The van der Waals surface area contributed by atoms with Gasteiger partial charge in [-0.2, -0.15) is 0 Å². The molecule has 0 spiro atoms. The van der Waals surface area contributed by atoms with Gasteiger partial charge in [-0.05, 0) is 25.7 Å². The fraction of sp³-hybridized carbons (Fsp3) is 0.829. The molecule has 0 aliphatic carbocycles. The molecule has 49 heavy (non-hydrogen) atoms. The van der Waals surface area contributed by atoms with Crippen LogP contribution in [-0.2, 0) is 28.6 Å². The van der Waals surface area contributed by atoms with Crippen molar-refractivity contribution in [3.63, 3.8) is 0 Å².